The quantitative estimate of drug-likeness (QED) is 0.770. The van der Waals surface area contributed by atoms with E-state index in [9.17, 15) is 9.59 Å². The zero-order valence-electron chi connectivity index (χ0n) is 13.5. The van der Waals surface area contributed by atoms with E-state index in [1.165, 1.54) is 6.07 Å². The van der Waals surface area contributed by atoms with E-state index in [1.807, 2.05) is 6.07 Å². The predicted octanol–water partition coefficient (Wildman–Crippen LogP) is 3.07. The number of para-hydroxylation sites is 1. The molecule has 1 N–H and O–H groups in total. The molecule has 0 fully saturated rings. The van der Waals surface area contributed by atoms with E-state index in [1.54, 1.807) is 54.6 Å². The first-order valence-corrected chi connectivity index (χ1v) is 8.08. The maximum Gasteiger partial charge on any atom is 0.267 e. The minimum atomic E-state index is -0.449. The maximum absolute atomic E-state index is 12.3. The number of nitrogens with one attached hydrogen (secondary N) is 1. The van der Waals surface area contributed by atoms with Crippen molar-refractivity contribution in [1.29, 1.82) is 5.26 Å². The van der Waals surface area contributed by atoms with Crippen molar-refractivity contribution in [3.8, 4) is 17.3 Å². The van der Waals surface area contributed by atoms with E-state index >= 15 is 0 Å². The van der Waals surface area contributed by atoms with E-state index in [0.717, 1.165) is 10.2 Å². The number of nitriles is 1. The Balaban J connectivity index is 1.82. The summed E-state index contributed by atoms with van der Waals surface area (Å²) in [6.45, 7) is -0.264. The molecule has 0 saturated heterocycles. The van der Waals surface area contributed by atoms with Crippen LogP contribution < -0.4 is 10.9 Å². The second-order valence-electron chi connectivity index (χ2n) is 5.43. The number of hydrogen-bond donors (Lipinski definition) is 1. The molecule has 0 aliphatic carbocycles. The molecule has 0 saturated carbocycles. The van der Waals surface area contributed by atoms with Crippen LogP contribution in [0, 0.1) is 11.3 Å². The van der Waals surface area contributed by atoms with E-state index in [-0.39, 0.29) is 6.54 Å². The Bertz CT molecular complexity index is 1050. The summed E-state index contributed by atoms with van der Waals surface area (Å²) in [5.74, 6) is -0.449. The zero-order valence-corrected chi connectivity index (χ0v) is 14.3. The van der Waals surface area contributed by atoms with E-state index < -0.39 is 11.5 Å². The summed E-state index contributed by atoms with van der Waals surface area (Å²) in [4.78, 5) is 24.3. The third kappa shape index (κ3) is 3.97. The molecule has 7 heteroatoms. The molecule has 1 heterocycles. The van der Waals surface area contributed by atoms with Crippen molar-refractivity contribution in [3.63, 3.8) is 0 Å². The minimum Gasteiger partial charge on any atom is -0.323 e. The monoisotopic (exact) mass is 364 g/mol. The molecule has 128 valence electrons. The number of anilines is 1. The van der Waals surface area contributed by atoms with Crippen LogP contribution in [-0.2, 0) is 11.3 Å². The first kappa shape index (κ1) is 17.4. The number of benzene rings is 2. The molecule has 6 nitrogen and oxygen atoms in total. The van der Waals surface area contributed by atoms with Gasteiger partial charge in [0.25, 0.3) is 5.56 Å². The molecular formula is C19H13ClN4O2. The zero-order chi connectivity index (χ0) is 18.5. The van der Waals surface area contributed by atoms with Crippen LogP contribution in [0.5, 0.6) is 0 Å². The van der Waals surface area contributed by atoms with Crippen LogP contribution in [0.15, 0.2) is 65.5 Å². The molecule has 0 aliphatic heterocycles. The van der Waals surface area contributed by atoms with E-state index in [4.69, 9.17) is 16.9 Å². The average Bonchev–Trinajstić information content (AvgIpc) is 2.64. The van der Waals surface area contributed by atoms with Gasteiger partial charge in [-0.3, -0.25) is 9.59 Å². The lowest BCUT2D eigenvalue weighted by Crippen LogP contribution is -2.29. The molecular weight excluding hydrogens is 352 g/mol. The second kappa shape index (κ2) is 7.64. The van der Waals surface area contributed by atoms with Crippen molar-refractivity contribution in [1.82, 2.24) is 9.78 Å². The van der Waals surface area contributed by atoms with Gasteiger partial charge >= 0.3 is 0 Å². The Hall–Kier alpha value is -3.43. The SMILES string of the molecule is N#Cc1ccccc1NC(=O)Cn1nc(-c2ccc(Cl)cc2)ccc1=O. The highest BCUT2D eigenvalue weighted by atomic mass is 35.5. The van der Waals surface area contributed by atoms with Crippen molar-refractivity contribution in [2.75, 3.05) is 5.32 Å². The van der Waals surface area contributed by atoms with Crippen LogP contribution in [0.2, 0.25) is 5.02 Å². The number of halogens is 1. The molecule has 0 spiro atoms. The second-order valence-corrected chi connectivity index (χ2v) is 5.86. The van der Waals surface area contributed by atoms with Crippen molar-refractivity contribution < 1.29 is 4.79 Å². The highest BCUT2D eigenvalue weighted by Crippen LogP contribution is 2.18. The van der Waals surface area contributed by atoms with Crippen LogP contribution in [0.4, 0.5) is 5.69 Å². The van der Waals surface area contributed by atoms with Crippen LogP contribution in [0.1, 0.15) is 5.56 Å². The van der Waals surface area contributed by atoms with Gasteiger partial charge in [0.2, 0.25) is 5.91 Å². The molecule has 1 aromatic heterocycles. The number of carbonyl (C=O) groups excluding carboxylic acids is 1. The predicted molar refractivity (Wildman–Crippen MR) is 98.7 cm³/mol. The van der Waals surface area contributed by atoms with Gasteiger partial charge in [-0.1, -0.05) is 35.9 Å². The van der Waals surface area contributed by atoms with Gasteiger partial charge in [0.05, 0.1) is 16.9 Å². The Morgan fingerprint density at radius 1 is 1.12 bits per heavy atom. The fraction of sp³-hybridized carbons (Fsp3) is 0.0526. The molecule has 0 atom stereocenters. The van der Waals surface area contributed by atoms with Crippen LogP contribution >= 0.6 is 11.6 Å². The number of aromatic nitrogens is 2. The lowest BCUT2D eigenvalue weighted by molar-refractivity contribution is -0.117. The summed E-state index contributed by atoms with van der Waals surface area (Å²) in [6, 6.07) is 18.6. The number of rotatable bonds is 4. The molecule has 0 bridgehead atoms. The summed E-state index contributed by atoms with van der Waals surface area (Å²) in [6.07, 6.45) is 0. The van der Waals surface area contributed by atoms with Crippen LogP contribution in [-0.4, -0.2) is 15.7 Å². The topological polar surface area (TPSA) is 87.8 Å². The van der Waals surface area contributed by atoms with Gasteiger partial charge in [0.1, 0.15) is 12.6 Å². The minimum absolute atomic E-state index is 0.264. The lowest BCUT2D eigenvalue weighted by Gasteiger charge is -2.09. The van der Waals surface area contributed by atoms with Gasteiger partial charge in [-0.25, -0.2) is 4.68 Å². The average molecular weight is 365 g/mol. The first-order valence-electron chi connectivity index (χ1n) is 7.70. The summed E-state index contributed by atoms with van der Waals surface area (Å²) in [5.41, 5.74) is 1.66. The number of carbonyl (C=O) groups is 1. The van der Waals surface area contributed by atoms with Crippen molar-refractivity contribution in [3.05, 3.63) is 81.6 Å². The largest absolute Gasteiger partial charge is 0.323 e. The molecule has 0 unspecified atom stereocenters. The molecule has 0 aliphatic rings. The molecule has 0 radical (unpaired) electrons. The van der Waals surface area contributed by atoms with Crippen molar-refractivity contribution >= 4 is 23.2 Å². The Morgan fingerprint density at radius 3 is 2.58 bits per heavy atom. The van der Waals surface area contributed by atoms with Crippen LogP contribution in [0.25, 0.3) is 11.3 Å². The smallest absolute Gasteiger partial charge is 0.267 e. The summed E-state index contributed by atoms with van der Waals surface area (Å²) in [7, 11) is 0. The van der Waals surface area contributed by atoms with Gasteiger partial charge in [-0.2, -0.15) is 10.4 Å². The van der Waals surface area contributed by atoms with Gasteiger partial charge in [0, 0.05) is 16.7 Å². The summed E-state index contributed by atoms with van der Waals surface area (Å²) < 4.78 is 1.08. The fourth-order valence-corrected chi connectivity index (χ4v) is 2.48. The van der Waals surface area contributed by atoms with Crippen LogP contribution in [0.3, 0.4) is 0 Å². The lowest BCUT2D eigenvalue weighted by atomic mass is 10.1. The van der Waals surface area contributed by atoms with Gasteiger partial charge in [-0.15, -0.1) is 0 Å². The molecule has 2 aromatic carbocycles. The van der Waals surface area contributed by atoms with E-state index in [2.05, 4.69) is 10.4 Å². The number of hydrogen-bond acceptors (Lipinski definition) is 4. The highest BCUT2D eigenvalue weighted by Gasteiger charge is 2.10. The Labute approximate surface area is 154 Å². The molecule has 26 heavy (non-hydrogen) atoms. The fourth-order valence-electron chi connectivity index (χ4n) is 2.35. The highest BCUT2D eigenvalue weighted by molar-refractivity contribution is 6.30. The number of nitrogens with zero attached hydrogens (tertiary/aromatic N) is 3. The third-order valence-electron chi connectivity index (χ3n) is 3.62. The third-order valence-corrected chi connectivity index (χ3v) is 3.87. The normalized spacial score (nSPS) is 10.2. The summed E-state index contributed by atoms with van der Waals surface area (Å²) >= 11 is 5.87. The van der Waals surface area contributed by atoms with E-state index in [0.29, 0.717) is 22.0 Å². The number of amides is 1. The molecule has 1 amide bonds. The van der Waals surface area contributed by atoms with Crippen molar-refractivity contribution in [2.45, 2.75) is 6.54 Å². The maximum atomic E-state index is 12.3. The molecule has 3 rings (SSSR count). The van der Waals surface area contributed by atoms with Gasteiger partial charge in [-0.05, 0) is 30.3 Å². The Morgan fingerprint density at radius 2 is 1.85 bits per heavy atom. The standard InChI is InChI=1S/C19H13ClN4O2/c20-15-7-5-13(6-8-15)17-9-10-19(26)24(23-17)12-18(25)22-16-4-2-1-3-14(16)11-21/h1-10H,12H2,(H,22,25). The Kier molecular flexibility index (Phi) is 5.11. The first-order chi connectivity index (χ1) is 12.6. The van der Waals surface area contributed by atoms with Gasteiger partial charge < -0.3 is 5.32 Å². The van der Waals surface area contributed by atoms with Gasteiger partial charge in [0.15, 0.2) is 0 Å². The summed E-state index contributed by atoms with van der Waals surface area (Å²) in [5, 5.41) is 16.5. The van der Waals surface area contributed by atoms with Crippen molar-refractivity contribution in [2.24, 2.45) is 0 Å². The molecule has 3 aromatic rings.